The third-order valence-corrected chi connectivity index (χ3v) is 2.43. The Morgan fingerprint density at radius 2 is 1.82 bits per heavy atom. The van der Waals surface area contributed by atoms with Crippen molar-refractivity contribution in [2.75, 3.05) is 19.8 Å². The van der Waals surface area contributed by atoms with Crippen molar-refractivity contribution in [2.24, 2.45) is 11.8 Å². The van der Waals surface area contributed by atoms with E-state index in [-0.39, 0.29) is 0 Å². The van der Waals surface area contributed by atoms with Crippen LogP contribution < -0.4 is 5.32 Å². The molecule has 2 heteroatoms. The highest BCUT2D eigenvalue weighted by Gasteiger charge is 2.26. The van der Waals surface area contributed by atoms with E-state index in [1.807, 2.05) is 0 Å². The molecule has 0 amide bonds. The molecular formula is C9H19NO. The molecule has 0 aromatic heterocycles. The first-order valence-corrected chi connectivity index (χ1v) is 4.56. The second-order valence-corrected chi connectivity index (χ2v) is 3.58. The fourth-order valence-electron chi connectivity index (χ4n) is 1.85. The molecular weight excluding hydrogens is 138 g/mol. The first-order valence-electron chi connectivity index (χ1n) is 4.56. The van der Waals surface area contributed by atoms with Gasteiger partial charge in [0.25, 0.3) is 0 Å². The fourth-order valence-corrected chi connectivity index (χ4v) is 1.85. The summed E-state index contributed by atoms with van der Waals surface area (Å²) in [7, 11) is 0. The van der Waals surface area contributed by atoms with Crippen molar-refractivity contribution in [3.63, 3.8) is 0 Å². The van der Waals surface area contributed by atoms with Crippen LogP contribution in [0, 0.1) is 11.8 Å². The maximum atomic E-state index is 5.43. The molecule has 2 atom stereocenters. The second kappa shape index (κ2) is 4.07. The van der Waals surface area contributed by atoms with Crippen LogP contribution in [0.1, 0.15) is 20.8 Å². The van der Waals surface area contributed by atoms with Crippen LogP contribution in [0.25, 0.3) is 0 Å². The summed E-state index contributed by atoms with van der Waals surface area (Å²) in [5.74, 6) is 1.33. The monoisotopic (exact) mass is 157 g/mol. The summed E-state index contributed by atoms with van der Waals surface area (Å²) in [5, 5.41) is 3.50. The van der Waals surface area contributed by atoms with Gasteiger partial charge in [-0.25, -0.2) is 0 Å². The smallest absolute Gasteiger partial charge is 0.0506 e. The molecule has 1 aliphatic rings. The Labute approximate surface area is 69.3 Å². The molecule has 1 saturated heterocycles. The van der Waals surface area contributed by atoms with E-state index in [9.17, 15) is 0 Å². The number of rotatable bonds is 2. The number of hydrogen-bond acceptors (Lipinski definition) is 2. The van der Waals surface area contributed by atoms with E-state index in [0.717, 1.165) is 19.8 Å². The molecule has 0 unspecified atom stereocenters. The van der Waals surface area contributed by atoms with E-state index in [0.29, 0.717) is 17.9 Å². The molecule has 1 rings (SSSR count). The summed E-state index contributed by atoms with van der Waals surface area (Å²) in [6.45, 7) is 9.57. The average molecular weight is 157 g/mol. The average Bonchev–Trinajstić information content (AvgIpc) is 1.97. The molecule has 1 fully saturated rings. The summed E-state index contributed by atoms with van der Waals surface area (Å²) >= 11 is 0. The normalized spacial score (nSPS) is 34.1. The minimum atomic E-state index is 0.661. The molecule has 1 aliphatic heterocycles. The molecule has 0 saturated carbocycles. The quantitative estimate of drug-likeness (QED) is 0.651. The van der Waals surface area contributed by atoms with Crippen LogP contribution in [0.4, 0.5) is 0 Å². The van der Waals surface area contributed by atoms with E-state index in [4.69, 9.17) is 4.74 Å². The second-order valence-electron chi connectivity index (χ2n) is 3.58. The zero-order chi connectivity index (χ0) is 8.27. The summed E-state index contributed by atoms with van der Waals surface area (Å²) in [5.41, 5.74) is 0. The van der Waals surface area contributed by atoms with Crippen molar-refractivity contribution in [1.82, 2.24) is 5.32 Å². The molecule has 11 heavy (non-hydrogen) atoms. The van der Waals surface area contributed by atoms with Gasteiger partial charge in [-0.3, -0.25) is 0 Å². The molecule has 0 aromatic rings. The van der Waals surface area contributed by atoms with E-state index in [1.165, 1.54) is 0 Å². The summed E-state index contributed by atoms with van der Waals surface area (Å²) in [6.07, 6.45) is 0. The lowest BCUT2D eigenvalue weighted by molar-refractivity contribution is 0.00255. The predicted molar refractivity (Wildman–Crippen MR) is 46.6 cm³/mol. The van der Waals surface area contributed by atoms with Crippen molar-refractivity contribution in [3.05, 3.63) is 0 Å². The molecule has 1 heterocycles. The van der Waals surface area contributed by atoms with Crippen molar-refractivity contribution in [2.45, 2.75) is 26.8 Å². The Bertz CT molecular complexity index is 106. The Balaban J connectivity index is 2.41. The van der Waals surface area contributed by atoms with Crippen molar-refractivity contribution >= 4 is 0 Å². The molecule has 0 radical (unpaired) electrons. The number of ether oxygens (including phenoxy) is 1. The van der Waals surface area contributed by atoms with Gasteiger partial charge in [-0.15, -0.1) is 0 Å². The first-order chi connectivity index (χ1) is 5.25. The van der Waals surface area contributed by atoms with E-state index in [2.05, 4.69) is 26.1 Å². The Morgan fingerprint density at radius 1 is 1.27 bits per heavy atom. The minimum absolute atomic E-state index is 0.661. The van der Waals surface area contributed by atoms with Gasteiger partial charge in [-0.2, -0.15) is 0 Å². The van der Waals surface area contributed by atoms with Crippen LogP contribution in [-0.2, 0) is 4.74 Å². The minimum Gasteiger partial charge on any atom is -0.381 e. The first kappa shape index (κ1) is 9.01. The van der Waals surface area contributed by atoms with Crippen LogP contribution >= 0.6 is 0 Å². The van der Waals surface area contributed by atoms with E-state index < -0.39 is 0 Å². The van der Waals surface area contributed by atoms with Gasteiger partial charge in [0.05, 0.1) is 13.2 Å². The maximum Gasteiger partial charge on any atom is 0.0506 e. The highest BCUT2D eigenvalue weighted by atomic mass is 16.5. The summed E-state index contributed by atoms with van der Waals surface area (Å²) in [6, 6.07) is 0.661. The van der Waals surface area contributed by atoms with Crippen molar-refractivity contribution in [3.8, 4) is 0 Å². The third-order valence-electron chi connectivity index (χ3n) is 2.43. The predicted octanol–water partition coefficient (Wildman–Crippen LogP) is 1.27. The molecule has 2 nitrogen and oxygen atoms in total. The van der Waals surface area contributed by atoms with Gasteiger partial charge < -0.3 is 10.1 Å². The topological polar surface area (TPSA) is 21.3 Å². The summed E-state index contributed by atoms with van der Waals surface area (Å²) in [4.78, 5) is 0. The Hall–Kier alpha value is -0.0800. The lowest BCUT2D eigenvalue weighted by Crippen LogP contribution is -2.47. The SMILES string of the molecule is CCNC1[C@@H](C)COC[C@@H]1C. The lowest BCUT2D eigenvalue weighted by atomic mass is 9.89. The van der Waals surface area contributed by atoms with Gasteiger partial charge in [0.1, 0.15) is 0 Å². The Morgan fingerprint density at radius 3 is 2.27 bits per heavy atom. The third kappa shape index (κ3) is 2.17. The van der Waals surface area contributed by atoms with Gasteiger partial charge in [0, 0.05) is 6.04 Å². The lowest BCUT2D eigenvalue weighted by Gasteiger charge is -2.34. The molecule has 0 aliphatic carbocycles. The zero-order valence-corrected chi connectivity index (χ0v) is 7.76. The van der Waals surface area contributed by atoms with Crippen molar-refractivity contribution in [1.29, 1.82) is 0 Å². The Kier molecular flexibility index (Phi) is 3.34. The summed E-state index contributed by atoms with van der Waals surface area (Å²) < 4.78 is 5.43. The number of hydrogen-bond donors (Lipinski definition) is 1. The van der Waals surface area contributed by atoms with Gasteiger partial charge in [0.15, 0.2) is 0 Å². The molecule has 1 N–H and O–H groups in total. The van der Waals surface area contributed by atoms with Gasteiger partial charge >= 0.3 is 0 Å². The van der Waals surface area contributed by atoms with Crippen molar-refractivity contribution < 1.29 is 4.74 Å². The van der Waals surface area contributed by atoms with Crippen LogP contribution in [-0.4, -0.2) is 25.8 Å². The van der Waals surface area contributed by atoms with Crippen LogP contribution in [0.5, 0.6) is 0 Å². The standard InChI is InChI=1S/C9H19NO/c1-4-10-9-7(2)5-11-6-8(9)3/h7-10H,4-6H2,1-3H3/t7-,8-/m0/s1. The van der Waals surface area contributed by atoms with Gasteiger partial charge in [-0.1, -0.05) is 20.8 Å². The molecule has 0 bridgehead atoms. The van der Waals surface area contributed by atoms with Crippen LogP contribution in [0.15, 0.2) is 0 Å². The van der Waals surface area contributed by atoms with Gasteiger partial charge in [-0.05, 0) is 18.4 Å². The van der Waals surface area contributed by atoms with Crippen LogP contribution in [0.2, 0.25) is 0 Å². The fraction of sp³-hybridized carbons (Fsp3) is 1.00. The maximum absolute atomic E-state index is 5.43. The van der Waals surface area contributed by atoms with E-state index >= 15 is 0 Å². The molecule has 66 valence electrons. The molecule has 0 spiro atoms. The highest BCUT2D eigenvalue weighted by molar-refractivity contribution is 4.81. The van der Waals surface area contributed by atoms with Gasteiger partial charge in [0.2, 0.25) is 0 Å². The highest BCUT2D eigenvalue weighted by Crippen LogP contribution is 2.19. The largest absolute Gasteiger partial charge is 0.381 e. The van der Waals surface area contributed by atoms with E-state index in [1.54, 1.807) is 0 Å². The number of nitrogens with one attached hydrogen (secondary N) is 1. The molecule has 0 aromatic carbocycles. The van der Waals surface area contributed by atoms with Crippen LogP contribution in [0.3, 0.4) is 0 Å². The zero-order valence-electron chi connectivity index (χ0n) is 7.76.